The van der Waals surface area contributed by atoms with Crippen LogP contribution in [0, 0.1) is 0 Å². The summed E-state index contributed by atoms with van der Waals surface area (Å²) in [5.41, 5.74) is 14.3. The van der Waals surface area contributed by atoms with Gasteiger partial charge >= 0.3 is 271 Å². The number of hydrogen-bond donors (Lipinski definition) is 0. The van der Waals surface area contributed by atoms with Crippen LogP contribution in [0.4, 0.5) is 0 Å². The summed E-state index contributed by atoms with van der Waals surface area (Å²) in [5.74, 6) is 0. The quantitative estimate of drug-likeness (QED) is 0.177. The second-order valence-electron chi connectivity index (χ2n) is 19.9. The molecule has 0 radical (unpaired) electrons. The molecule has 2 heteroatoms. The summed E-state index contributed by atoms with van der Waals surface area (Å²) in [6, 6.07) is 32.6. The van der Waals surface area contributed by atoms with Gasteiger partial charge in [-0.1, -0.05) is 0 Å². The minimum atomic E-state index is -4.87. The fraction of sp³-hybridized carbons (Fsp3) is 0.349. The van der Waals surface area contributed by atoms with Crippen LogP contribution in [0.5, 0.6) is 0 Å². The predicted octanol–water partition coefficient (Wildman–Crippen LogP) is 12.3. The molecule has 45 heavy (non-hydrogen) atoms. The minimum absolute atomic E-state index is 0.119. The van der Waals surface area contributed by atoms with E-state index in [4.69, 9.17) is 0 Å². The molecule has 0 amide bonds. The molecule has 2 aliphatic carbocycles. The maximum atomic E-state index is 2.79. The molecule has 2 unspecified atom stereocenters. The van der Waals surface area contributed by atoms with Gasteiger partial charge in [0.2, 0.25) is 0 Å². The summed E-state index contributed by atoms with van der Waals surface area (Å²) in [6.07, 6.45) is 10.2. The van der Waals surface area contributed by atoms with Crippen LogP contribution in [0.25, 0.3) is 34.4 Å². The summed E-state index contributed by atoms with van der Waals surface area (Å²) in [7, 11) is 0. The zero-order valence-electron chi connectivity index (χ0n) is 29.5. The van der Waals surface area contributed by atoms with Crippen molar-refractivity contribution in [2.75, 3.05) is 0 Å². The molecule has 0 heterocycles. The van der Waals surface area contributed by atoms with Gasteiger partial charge < -0.3 is 0 Å². The van der Waals surface area contributed by atoms with Gasteiger partial charge in [-0.25, -0.2) is 0 Å². The molecule has 2 aliphatic rings. The molecule has 234 valence electrons. The molecule has 0 saturated heterocycles. The van der Waals surface area contributed by atoms with E-state index in [0.717, 1.165) is 0 Å². The molecule has 0 bridgehead atoms. The molecule has 0 aromatic heterocycles. The fourth-order valence-electron chi connectivity index (χ4n) is 8.63. The Kier molecular flexibility index (Phi) is 6.68. The van der Waals surface area contributed by atoms with E-state index in [1.807, 2.05) is 0 Å². The van der Waals surface area contributed by atoms with Crippen molar-refractivity contribution in [3.8, 4) is 22.3 Å². The van der Waals surface area contributed by atoms with Crippen LogP contribution in [0.1, 0.15) is 89.2 Å². The monoisotopic (exact) mass is 778 g/mol. The summed E-state index contributed by atoms with van der Waals surface area (Å²) in [5, 5.41) is 0. The number of rotatable bonds is 5. The van der Waals surface area contributed by atoms with Crippen LogP contribution >= 0.6 is 0 Å². The predicted molar refractivity (Wildman–Crippen MR) is 201 cm³/mol. The van der Waals surface area contributed by atoms with Crippen molar-refractivity contribution in [2.45, 2.75) is 84.9 Å². The van der Waals surface area contributed by atoms with Gasteiger partial charge in [-0.15, -0.1) is 0 Å². The molecule has 0 saturated carbocycles. The van der Waals surface area contributed by atoms with E-state index in [1.165, 1.54) is 59.8 Å². The number of fused-ring (bicyclic) bond motifs is 2. The van der Waals surface area contributed by atoms with Crippen LogP contribution in [0.3, 0.4) is 0 Å². The summed E-state index contributed by atoms with van der Waals surface area (Å²) >= 11 is -4.87. The Morgan fingerprint density at radius 2 is 0.956 bits per heavy atom. The molecule has 4 aromatic carbocycles. The molecular weight excluding hydrogens is 723 g/mol. The van der Waals surface area contributed by atoms with Crippen molar-refractivity contribution in [2.24, 2.45) is 0 Å². The topological polar surface area (TPSA) is 0 Å². The Morgan fingerprint density at radius 3 is 1.31 bits per heavy atom. The van der Waals surface area contributed by atoms with Crippen LogP contribution in [0.2, 0.25) is 18.2 Å². The van der Waals surface area contributed by atoms with Gasteiger partial charge in [0, 0.05) is 0 Å². The number of allylic oxidation sites excluding steroid dienone is 2. The normalized spacial score (nSPS) is 20.2. The second kappa shape index (κ2) is 9.29. The van der Waals surface area contributed by atoms with Gasteiger partial charge in [-0.05, 0) is 0 Å². The van der Waals surface area contributed by atoms with Crippen LogP contribution in [0.15, 0.2) is 97.1 Å². The first-order valence-corrected chi connectivity index (χ1v) is 42.9. The molecule has 2 atom stereocenters. The van der Waals surface area contributed by atoms with Crippen molar-refractivity contribution in [1.29, 1.82) is 0 Å². The van der Waals surface area contributed by atoms with Crippen molar-refractivity contribution in [3.05, 3.63) is 130 Å². The van der Waals surface area contributed by atoms with Crippen molar-refractivity contribution in [3.63, 3.8) is 0 Å². The average molecular weight is 777 g/mol. The molecule has 6 rings (SSSR count). The Bertz CT molecular complexity index is 1910. The van der Waals surface area contributed by atoms with Crippen LogP contribution < -0.4 is 0 Å². The zero-order chi connectivity index (χ0) is 32.7. The summed E-state index contributed by atoms with van der Waals surface area (Å²) in [6.45, 7) is 18.8. The van der Waals surface area contributed by atoms with E-state index in [-0.39, 0.29) is 10.8 Å². The second-order valence-corrected chi connectivity index (χ2v) is 102. The van der Waals surface area contributed by atoms with Crippen LogP contribution in [-0.2, 0) is 25.0 Å². The standard InChI is InChI=1S/2C19H19.C2H5.3CH3.Hf.H2Si/c2*1-19(2,3)16-10-4-9-15(13-16)18-12-6-8-14-7-5-11-17(14)18;1-2;;;;;/h2*4-13H,1-3H3;1H2,2H3;3*1H3;;1H2. The Morgan fingerprint density at radius 1 is 0.578 bits per heavy atom. The van der Waals surface area contributed by atoms with E-state index in [0.29, 0.717) is 7.35 Å². The Hall–Kier alpha value is -2.55. The van der Waals surface area contributed by atoms with Crippen molar-refractivity contribution >= 4 is 19.1 Å². The third kappa shape index (κ3) is 5.01. The molecule has 0 N–H and O–H groups in total. The van der Waals surface area contributed by atoms with E-state index in [2.05, 4.69) is 179 Å². The third-order valence-corrected chi connectivity index (χ3v) is 62.3. The summed E-state index contributed by atoms with van der Waals surface area (Å²) < 4.78 is 10.4. The molecule has 0 spiro atoms. The SMILES string of the molecule is C[CH2][Hf]([CH3])([CH3])([CH3])(=[SiH2])([CH]1C=Cc2c(-c3cccc(C(C)(C)C)c3)cccc21)[CH]1C=Cc2c(-c3cccc(C(C)(C)C)c3)cccc21. The van der Waals surface area contributed by atoms with Crippen molar-refractivity contribution in [1.82, 2.24) is 0 Å². The van der Waals surface area contributed by atoms with Gasteiger partial charge in [0.1, 0.15) is 0 Å². The Labute approximate surface area is 269 Å². The first kappa shape index (κ1) is 32.4. The summed E-state index contributed by atoms with van der Waals surface area (Å²) in [4.78, 5) is 0. The van der Waals surface area contributed by atoms with Crippen LogP contribution in [-0.4, -0.2) is 6.94 Å². The fourth-order valence-corrected chi connectivity index (χ4v) is 39.6. The average Bonchev–Trinajstić information content (AvgIpc) is 3.63. The Balaban J connectivity index is 1.51. The zero-order valence-corrected chi connectivity index (χ0v) is 34.5. The first-order valence-electron chi connectivity index (χ1n) is 17.1. The van der Waals surface area contributed by atoms with Gasteiger partial charge in [0.05, 0.1) is 0 Å². The van der Waals surface area contributed by atoms with E-state index in [9.17, 15) is 0 Å². The number of hydrogen-bond acceptors (Lipinski definition) is 0. The molecule has 4 aromatic rings. The first-order chi connectivity index (χ1) is 20.7. The van der Waals surface area contributed by atoms with Gasteiger partial charge in [-0.3, -0.25) is 0 Å². The van der Waals surface area contributed by atoms with Crippen molar-refractivity contribution < 1.29 is 14.2 Å². The van der Waals surface area contributed by atoms with E-state index >= 15 is 0 Å². The van der Waals surface area contributed by atoms with E-state index < -0.39 is 14.2 Å². The molecule has 0 aliphatic heterocycles. The van der Waals surface area contributed by atoms with Gasteiger partial charge in [0.25, 0.3) is 0 Å². The number of benzene rings is 4. The molecular formula is C43H54HfSi. The maximum absolute atomic E-state index is 4.87. The van der Waals surface area contributed by atoms with Gasteiger partial charge in [-0.2, -0.15) is 0 Å². The molecule has 0 nitrogen and oxygen atoms in total. The third-order valence-electron chi connectivity index (χ3n) is 12.8. The van der Waals surface area contributed by atoms with Gasteiger partial charge in [0.15, 0.2) is 0 Å². The molecule has 0 fully saturated rings. The van der Waals surface area contributed by atoms with E-state index in [1.54, 1.807) is 0 Å².